The number of carbonyl (C=O) groups is 1. The molecule has 0 saturated carbocycles. The molecule has 1 atom stereocenters. The summed E-state index contributed by atoms with van der Waals surface area (Å²) < 4.78 is 5.14. The molecule has 1 aromatic heterocycles. The zero-order valence-corrected chi connectivity index (χ0v) is 16.3. The van der Waals surface area contributed by atoms with Crippen LogP contribution in [0.15, 0.2) is 12.1 Å². The number of methoxy groups -OCH3 is 1. The summed E-state index contributed by atoms with van der Waals surface area (Å²) in [6.45, 7) is 5.12. The maximum absolute atomic E-state index is 10.9. The minimum Gasteiger partial charge on any atom is -0.480 e. The summed E-state index contributed by atoms with van der Waals surface area (Å²) in [4.78, 5) is 17.8. The van der Waals surface area contributed by atoms with E-state index >= 15 is 0 Å². The van der Waals surface area contributed by atoms with Crippen molar-refractivity contribution in [2.24, 2.45) is 5.73 Å². The van der Waals surface area contributed by atoms with Crippen LogP contribution in [0.5, 0.6) is 0 Å². The van der Waals surface area contributed by atoms with Gasteiger partial charge in [-0.2, -0.15) is 0 Å². The van der Waals surface area contributed by atoms with Crippen molar-refractivity contribution in [1.29, 1.82) is 0 Å². The summed E-state index contributed by atoms with van der Waals surface area (Å²) in [7, 11) is 3.58. The molecule has 148 valence electrons. The molecule has 1 heterocycles. The molecule has 4 N–H and O–H groups in total. The fraction of sp³-hybridized carbons (Fsp3) is 0.684. The summed E-state index contributed by atoms with van der Waals surface area (Å²) in [5.41, 5.74) is 7.94. The summed E-state index contributed by atoms with van der Waals surface area (Å²) in [5, 5.41) is 12.1. The van der Waals surface area contributed by atoms with E-state index in [0.717, 1.165) is 50.3 Å². The van der Waals surface area contributed by atoms with Gasteiger partial charge in [-0.3, -0.25) is 4.79 Å². The Morgan fingerprint density at radius 1 is 1.35 bits per heavy atom. The summed E-state index contributed by atoms with van der Waals surface area (Å²) in [6, 6.07) is 3.45. The van der Waals surface area contributed by atoms with E-state index in [1.807, 2.05) is 7.05 Å². The number of carboxylic acids is 1. The van der Waals surface area contributed by atoms with Gasteiger partial charge in [0.05, 0.1) is 6.61 Å². The molecule has 0 bridgehead atoms. The van der Waals surface area contributed by atoms with Gasteiger partial charge >= 0.3 is 5.97 Å². The van der Waals surface area contributed by atoms with Gasteiger partial charge in [-0.25, -0.2) is 4.98 Å². The van der Waals surface area contributed by atoms with Gasteiger partial charge in [0.1, 0.15) is 11.9 Å². The molecule has 0 aromatic carbocycles. The maximum Gasteiger partial charge on any atom is 0.320 e. The highest BCUT2D eigenvalue weighted by Crippen LogP contribution is 2.15. The Morgan fingerprint density at radius 2 is 2.12 bits per heavy atom. The fourth-order valence-electron chi connectivity index (χ4n) is 2.81. The molecule has 1 unspecified atom stereocenters. The van der Waals surface area contributed by atoms with Crippen LogP contribution < -0.4 is 11.1 Å². The van der Waals surface area contributed by atoms with Crippen LogP contribution in [0.25, 0.3) is 0 Å². The van der Waals surface area contributed by atoms with Crippen LogP contribution >= 0.6 is 0 Å². The lowest BCUT2D eigenvalue weighted by atomic mass is 10.1. The fourth-order valence-corrected chi connectivity index (χ4v) is 2.81. The Morgan fingerprint density at radius 3 is 2.73 bits per heavy atom. The molecule has 7 heteroatoms. The summed E-state index contributed by atoms with van der Waals surface area (Å²) in [6.07, 6.45) is 4.42. The number of anilines is 1. The van der Waals surface area contributed by atoms with Crippen molar-refractivity contribution in [3.63, 3.8) is 0 Å². The van der Waals surface area contributed by atoms with Crippen molar-refractivity contribution in [1.82, 2.24) is 9.88 Å². The SMILES string of the molecule is CCc1ccc(CCCCN(CCOC)CCC(N)C(=O)O)nc1NC. The van der Waals surface area contributed by atoms with E-state index < -0.39 is 12.0 Å². The van der Waals surface area contributed by atoms with Crippen molar-refractivity contribution in [3.8, 4) is 0 Å². The number of hydrogen-bond acceptors (Lipinski definition) is 6. The van der Waals surface area contributed by atoms with Crippen LogP contribution in [0, 0.1) is 0 Å². The van der Waals surface area contributed by atoms with E-state index in [0.29, 0.717) is 19.6 Å². The first kappa shape index (κ1) is 22.3. The van der Waals surface area contributed by atoms with Crippen LogP contribution in [-0.2, 0) is 22.4 Å². The first-order valence-corrected chi connectivity index (χ1v) is 9.38. The number of nitrogens with zero attached hydrogens (tertiary/aromatic N) is 2. The Kier molecular flexibility index (Phi) is 10.8. The number of unbranched alkanes of at least 4 members (excludes halogenated alkanes) is 1. The number of carboxylic acid groups (broad SMARTS) is 1. The third kappa shape index (κ3) is 8.12. The van der Waals surface area contributed by atoms with Gasteiger partial charge in [-0.05, 0) is 50.3 Å². The van der Waals surface area contributed by atoms with Gasteiger partial charge in [-0.15, -0.1) is 0 Å². The smallest absolute Gasteiger partial charge is 0.320 e. The molecule has 1 rings (SSSR count). The van der Waals surface area contributed by atoms with Crippen molar-refractivity contribution in [2.45, 2.75) is 45.1 Å². The quantitative estimate of drug-likeness (QED) is 0.431. The molecular formula is C19H34N4O3. The van der Waals surface area contributed by atoms with Crippen LogP contribution in [-0.4, -0.2) is 67.4 Å². The summed E-state index contributed by atoms with van der Waals surface area (Å²) >= 11 is 0. The second kappa shape index (κ2) is 12.6. The number of rotatable bonds is 14. The van der Waals surface area contributed by atoms with Crippen LogP contribution in [0.4, 0.5) is 5.82 Å². The predicted octanol–water partition coefficient (Wildman–Crippen LogP) is 1.76. The number of aryl methyl sites for hydroxylation is 2. The Bertz CT molecular complexity index is 540. The minimum atomic E-state index is -0.946. The summed E-state index contributed by atoms with van der Waals surface area (Å²) in [5.74, 6) is 0.0213. The second-order valence-electron chi connectivity index (χ2n) is 6.44. The monoisotopic (exact) mass is 366 g/mol. The number of pyridine rings is 1. The van der Waals surface area contributed by atoms with Gasteiger partial charge in [0.2, 0.25) is 0 Å². The van der Waals surface area contributed by atoms with E-state index in [9.17, 15) is 4.79 Å². The standard InChI is InChI=1S/C19H34N4O3/c1-4-15-8-9-16(22-18(15)21-2)7-5-6-11-23(13-14-26-3)12-10-17(20)19(24)25/h8-9,17H,4-7,10-14,20H2,1-3H3,(H,21,22)(H,24,25). The molecule has 7 nitrogen and oxygen atoms in total. The second-order valence-corrected chi connectivity index (χ2v) is 6.44. The molecule has 0 aliphatic carbocycles. The number of hydrogen-bond donors (Lipinski definition) is 3. The molecule has 0 amide bonds. The van der Waals surface area contributed by atoms with Crippen LogP contribution in [0.3, 0.4) is 0 Å². The van der Waals surface area contributed by atoms with Gasteiger partial charge < -0.3 is 25.8 Å². The van der Waals surface area contributed by atoms with Crippen LogP contribution in [0.2, 0.25) is 0 Å². The van der Waals surface area contributed by atoms with E-state index in [-0.39, 0.29) is 0 Å². The topological polar surface area (TPSA) is 101 Å². The van der Waals surface area contributed by atoms with Gasteiger partial charge in [-0.1, -0.05) is 13.0 Å². The van der Waals surface area contributed by atoms with Crippen molar-refractivity contribution >= 4 is 11.8 Å². The lowest BCUT2D eigenvalue weighted by Gasteiger charge is -2.22. The molecule has 0 spiro atoms. The lowest BCUT2D eigenvalue weighted by molar-refractivity contribution is -0.138. The zero-order valence-electron chi connectivity index (χ0n) is 16.3. The molecular weight excluding hydrogens is 332 g/mol. The molecule has 0 aliphatic heterocycles. The third-order valence-corrected chi connectivity index (χ3v) is 4.50. The van der Waals surface area contributed by atoms with Gasteiger partial charge in [0, 0.05) is 32.9 Å². The normalized spacial score (nSPS) is 12.3. The number of aliphatic carboxylic acids is 1. The highest BCUT2D eigenvalue weighted by atomic mass is 16.5. The number of aromatic nitrogens is 1. The first-order chi connectivity index (χ1) is 12.5. The average Bonchev–Trinajstić information content (AvgIpc) is 2.65. The number of nitrogens with two attached hydrogens (primary N) is 1. The molecule has 0 fully saturated rings. The van der Waals surface area contributed by atoms with E-state index in [1.165, 1.54) is 5.56 Å². The lowest BCUT2D eigenvalue weighted by Crippen LogP contribution is -2.37. The van der Waals surface area contributed by atoms with Crippen molar-refractivity contribution in [3.05, 3.63) is 23.4 Å². The first-order valence-electron chi connectivity index (χ1n) is 9.38. The Hall–Kier alpha value is -1.70. The Labute approximate surface area is 156 Å². The van der Waals surface area contributed by atoms with E-state index in [4.69, 9.17) is 15.6 Å². The molecule has 0 aliphatic rings. The highest BCUT2D eigenvalue weighted by molar-refractivity contribution is 5.72. The Balaban J connectivity index is 2.42. The average molecular weight is 367 g/mol. The predicted molar refractivity (Wildman–Crippen MR) is 105 cm³/mol. The number of ether oxygens (including phenoxy) is 1. The van der Waals surface area contributed by atoms with Gasteiger partial charge in [0.25, 0.3) is 0 Å². The minimum absolute atomic E-state index is 0.449. The highest BCUT2D eigenvalue weighted by Gasteiger charge is 2.13. The van der Waals surface area contributed by atoms with Crippen molar-refractivity contribution in [2.75, 3.05) is 45.7 Å². The third-order valence-electron chi connectivity index (χ3n) is 4.50. The van der Waals surface area contributed by atoms with E-state index in [2.05, 4.69) is 34.3 Å². The largest absolute Gasteiger partial charge is 0.480 e. The molecule has 1 aromatic rings. The molecule has 0 saturated heterocycles. The number of nitrogens with one attached hydrogen (secondary N) is 1. The van der Waals surface area contributed by atoms with Crippen LogP contribution in [0.1, 0.15) is 37.4 Å². The van der Waals surface area contributed by atoms with Gasteiger partial charge in [0.15, 0.2) is 0 Å². The van der Waals surface area contributed by atoms with E-state index in [1.54, 1.807) is 7.11 Å². The molecule has 0 radical (unpaired) electrons. The van der Waals surface area contributed by atoms with Crippen molar-refractivity contribution < 1.29 is 14.6 Å². The maximum atomic E-state index is 10.9. The zero-order chi connectivity index (χ0) is 19.4. The molecule has 26 heavy (non-hydrogen) atoms.